The van der Waals surface area contributed by atoms with Crippen LogP contribution in [0.2, 0.25) is 0 Å². The van der Waals surface area contributed by atoms with Gasteiger partial charge in [0.2, 0.25) is 5.91 Å². The van der Waals surface area contributed by atoms with Crippen LogP contribution in [-0.2, 0) is 17.9 Å². The molecule has 0 bridgehead atoms. The first-order chi connectivity index (χ1) is 13.5. The van der Waals surface area contributed by atoms with Crippen LogP contribution in [0.3, 0.4) is 0 Å². The second-order valence-corrected chi connectivity index (χ2v) is 7.56. The number of hydrogen-bond donors (Lipinski definition) is 1. The van der Waals surface area contributed by atoms with E-state index in [1.54, 1.807) is 17.7 Å². The Balaban J connectivity index is 1.76. The van der Waals surface area contributed by atoms with E-state index in [1.807, 2.05) is 56.3 Å². The summed E-state index contributed by atoms with van der Waals surface area (Å²) in [5, 5.41) is 3.66. The van der Waals surface area contributed by atoms with Crippen LogP contribution in [0.5, 0.6) is 5.75 Å². The summed E-state index contributed by atoms with van der Waals surface area (Å²) in [7, 11) is 1.61. The number of rotatable bonds is 7. The average molecular weight is 398 g/mol. The lowest BCUT2D eigenvalue weighted by Gasteiger charge is -2.16. The topological polar surface area (TPSA) is 73.2 Å². The van der Waals surface area contributed by atoms with Gasteiger partial charge in [-0.2, -0.15) is 0 Å². The van der Waals surface area contributed by atoms with Crippen molar-refractivity contribution in [2.75, 3.05) is 7.11 Å². The highest BCUT2D eigenvalue weighted by Crippen LogP contribution is 2.23. The van der Waals surface area contributed by atoms with Gasteiger partial charge in [-0.3, -0.25) is 14.2 Å². The summed E-state index contributed by atoms with van der Waals surface area (Å²) in [5.74, 6) is 0.611. The van der Waals surface area contributed by atoms with Crippen molar-refractivity contribution in [1.29, 1.82) is 0 Å². The molecule has 0 aliphatic rings. The highest BCUT2D eigenvalue weighted by atomic mass is 32.2. The van der Waals surface area contributed by atoms with Gasteiger partial charge in [-0.25, -0.2) is 4.98 Å². The van der Waals surface area contributed by atoms with E-state index in [4.69, 9.17) is 4.74 Å². The van der Waals surface area contributed by atoms with Gasteiger partial charge in [0.1, 0.15) is 5.75 Å². The molecule has 1 aromatic heterocycles. The van der Waals surface area contributed by atoms with Crippen molar-refractivity contribution in [2.45, 2.75) is 37.3 Å². The number of fused-ring (bicyclic) bond motifs is 1. The Labute approximate surface area is 167 Å². The minimum absolute atomic E-state index is 0.0859. The number of methoxy groups -OCH3 is 1. The maximum atomic E-state index is 12.7. The lowest BCUT2D eigenvalue weighted by Crippen LogP contribution is -2.31. The number of carbonyl (C=O) groups excluding carboxylic acids is 1. The Hall–Kier alpha value is -2.80. The van der Waals surface area contributed by atoms with E-state index in [-0.39, 0.29) is 11.5 Å². The summed E-state index contributed by atoms with van der Waals surface area (Å²) in [6.45, 7) is 4.58. The van der Waals surface area contributed by atoms with Crippen LogP contribution in [0.15, 0.2) is 58.5 Å². The summed E-state index contributed by atoms with van der Waals surface area (Å²) in [6.07, 6.45) is 0. The fraction of sp³-hybridized carbons (Fsp3) is 0.286. The monoisotopic (exact) mass is 397 g/mol. The first-order valence-electron chi connectivity index (χ1n) is 9.11. The molecule has 0 radical (unpaired) electrons. The fourth-order valence-corrected chi connectivity index (χ4v) is 3.90. The molecular weight excluding hydrogens is 374 g/mol. The quantitative estimate of drug-likeness (QED) is 0.489. The molecule has 28 heavy (non-hydrogen) atoms. The van der Waals surface area contributed by atoms with Crippen LogP contribution in [0.4, 0.5) is 0 Å². The van der Waals surface area contributed by atoms with Crippen molar-refractivity contribution in [3.63, 3.8) is 0 Å². The number of thioether (sulfide) groups is 1. The highest BCUT2D eigenvalue weighted by Gasteiger charge is 2.19. The zero-order valence-corrected chi connectivity index (χ0v) is 17.0. The van der Waals surface area contributed by atoms with Crippen LogP contribution in [0.1, 0.15) is 19.4 Å². The van der Waals surface area contributed by atoms with Crippen molar-refractivity contribution >= 4 is 28.6 Å². The number of benzene rings is 2. The standard InChI is InChI=1S/C21H23N3O3S/c1-4-24-20(26)16-10-6-7-11-17(16)23-21(24)28-14(2)19(25)22-13-15-9-5-8-12-18(15)27-3/h5-12,14H,4,13H2,1-3H3,(H,22,25). The molecule has 0 saturated carbocycles. The summed E-state index contributed by atoms with van der Waals surface area (Å²) in [5.41, 5.74) is 1.46. The third-order valence-corrected chi connectivity index (χ3v) is 5.53. The lowest BCUT2D eigenvalue weighted by atomic mass is 10.2. The zero-order valence-electron chi connectivity index (χ0n) is 16.1. The van der Waals surface area contributed by atoms with E-state index in [9.17, 15) is 9.59 Å². The molecule has 146 valence electrons. The summed E-state index contributed by atoms with van der Waals surface area (Å²) in [6, 6.07) is 14.8. The normalized spacial score (nSPS) is 12.0. The summed E-state index contributed by atoms with van der Waals surface area (Å²) in [4.78, 5) is 29.9. The molecule has 6 nitrogen and oxygen atoms in total. The minimum Gasteiger partial charge on any atom is -0.496 e. The van der Waals surface area contributed by atoms with Crippen LogP contribution in [0.25, 0.3) is 10.9 Å². The van der Waals surface area contributed by atoms with E-state index in [0.29, 0.717) is 29.1 Å². The van der Waals surface area contributed by atoms with Crippen LogP contribution < -0.4 is 15.6 Å². The number of carbonyl (C=O) groups is 1. The third kappa shape index (κ3) is 4.20. The molecule has 1 atom stereocenters. The molecular formula is C21H23N3O3S. The molecule has 1 heterocycles. The van der Waals surface area contributed by atoms with Crippen molar-refractivity contribution in [1.82, 2.24) is 14.9 Å². The van der Waals surface area contributed by atoms with Crippen LogP contribution >= 0.6 is 11.8 Å². The van der Waals surface area contributed by atoms with Gasteiger partial charge >= 0.3 is 0 Å². The average Bonchev–Trinajstić information content (AvgIpc) is 2.72. The number of aromatic nitrogens is 2. The molecule has 0 fully saturated rings. The number of nitrogens with one attached hydrogen (secondary N) is 1. The molecule has 1 amide bonds. The first kappa shape index (κ1) is 19.9. The lowest BCUT2D eigenvalue weighted by molar-refractivity contribution is -0.120. The van der Waals surface area contributed by atoms with Crippen LogP contribution in [0, 0.1) is 0 Å². The number of para-hydroxylation sites is 2. The van der Waals surface area contributed by atoms with E-state index in [2.05, 4.69) is 10.3 Å². The Morgan fingerprint density at radius 2 is 1.93 bits per heavy atom. The Kier molecular flexibility index (Phi) is 6.36. The smallest absolute Gasteiger partial charge is 0.262 e. The van der Waals surface area contributed by atoms with Crippen molar-refractivity contribution in [3.8, 4) is 5.75 Å². The van der Waals surface area contributed by atoms with Gasteiger partial charge in [-0.15, -0.1) is 0 Å². The highest BCUT2D eigenvalue weighted by molar-refractivity contribution is 8.00. The predicted molar refractivity (Wildman–Crippen MR) is 112 cm³/mol. The Morgan fingerprint density at radius 1 is 1.21 bits per heavy atom. The molecule has 3 rings (SSSR count). The van der Waals surface area contributed by atoms with Gasteiger partial charge in [-0.1, -0.05) is 42.1 Å². The Morgan fingerprint density at radius 3 is 2.68 bits per heavy atom. The van der Waals surface area contributed by atoms with E-state index in [0.717, 1.165) is 11.3 Å². The third-order valence-electron chi connectivity index (χ3n) is 4.44. The molecule has 0 aliphatic heterocycles. The predicted octanol–water partition coefficient (Wildman–Crippen LogP) is 3.22. The summed E-state index contributed by atoms with van der Waals surface area (Å²) >= 11 is 1.29. The second-order valence-electron chi connectivity index (χ2n) is 6.25. The molecule has 0 saturated heterocycles. The summed E-state index contributed by atoms with van der Waals surface area (Å²) < 4.78 is 6.92. The largest absolute Gasteiger partial charge is 0.496 e. The van der Waals surface area contributed by atoms with Gasteiger partial charge in [-0.05, 0) is 32.0 Å². The Bertz CT molecular complexity index is 1050. The maximum Gasteiger partial charge on any atom is 0.262 e. The molecule has 2 aromatic carbocycles. The molecule has 3 aromatic rings. The van der Waals surface area contributed by atoms with E-state index < -0.39 is 5.25 Å². The molecule has 7 heteroatoms. The van der Waals surface area contributed by atoms with Gasteiger partial charge in [0.05, 0.1) is 23.3 Å². The van der Waals surface area contributed by atoms with Gasteiger partial charge in [0.25, 0.3) is 5.56 Å². The van der Waals surface area contributed by atoms with Gasteiger partial charge in [0, 0.05) is 18.7 Å². The zero-order chi connectivity index (χ0) is 20.1. The van der Waals surface area contributed by atoms with Crippen molar-refractivity contribution in [3.05, 3.63) is 64.4 Å². The fourth-order valence-electron chi connectivity index (χ4n) is 2.90. The maximum absolute atomic E-state index is 12.7. The molecule has 1 unspecified atom stereocenters. The second kappa shape index (κ2) is 8.93. The van der Waals surface area contributed by atoms with E-state index in [1.165, 1.54) is 11.8 Å². The van der Waals surface area contributed by atoms with Crippen molar-refractivity contribution < 1.29 is 9.53 Å². The molecule has 0 aliphatic carbocycles. The van der Waals surface area contributed by atoms with Crippen LogP contribution in [-0.4, -0.2) is 27.8 Å². The number of nitrogens with zero attached hydrogens (tertiary/aromatic N) is 2. The first-order valence-corrected chi connectivity index (χ1v) is 9.99. The SMILES string of the molecule is CCn1c(SC(C)C(=O)NCc2ccccc2OC)nc2ccccc2c1=O. The molecule has 0 spiro atoms. The van der Waals surface area contributed by atoms with Gasteiger partial charge in [0.15, 0.2) is 5.16 Å². The number of amides is 1. The number of ether oxygens (including phenoxy) is 1. The minimum atomic E-state index is -0.402. The molecule has 1 N–H and O–H groups in total. The van der Waals surface area contributed by atoms with Crippen molar-refractivity contribution in [2.24, 2.45) is 0 Å². The van der Waals surface area contributed by atoms with Gasteiger partial charge < -0.3 is 10.1 Å². The van der Waals surface area contributed by atoms with E-state index >= 15 is 0 Å². The number of hydrogen-bond acceptors (Lipinski definition) is 5.